The van der Waals surface area contributed by atoms with E-state index in [0.29, 0.717) is 23.0 Å². The van der Waals surface area contributed by atoms with Gasteiger partial charge in [0, 0.05) is 0 Å². The summed E-state index contributed by atoms with van der Waals surface area (Å²) in [5.74, 6) is 0.691. The summed E-state index contributed by atoms with van der Waals surface area (Å²) in [6.45, 7) is 3.88. The largest absolute Gasteiger partial charge is 0.389 e. The molecule has 6 heteroatoms. The molecule has 0 aliphatic carbocycles. The second-order valence-corrected chi connectivity index (χ2v) is 5.80. The molecular formula is C13H18N4OS. The van der Waals surface area contributed by atoms with E-state index < -0.39 is 0 Å². The molecule has 2 aliphatic rings. The molecule has 3 N–H and O–H groups in total. The van der Waals surface area contributed by atoms with E-state index in [-0.39, 0.29) is 6.10 Å². The molecule has 0 amide bonds. The van der Waals surface area contributed by atoms with E-state index in [1.807, 2.05) is 13.8 Å². The molecule has 0 spiro atoms. The van der Waals surface area contributed by atoms with Crippen LogP contribution < -0.4 is 11.1 Å². The van der Waals surface area contributed by atoms with Gasteiger partial charge in [-0.2, -0.15) is 5.10 Å². The fourth-order valence-electron chi connectivity index (χ4n) is 2.98. The van der Waals surface area contributed by atoms with Crippen LogP contribution in [0.15, 0.2) is 0 Å². The third-order valence-electron chi connectivity index (χ3n) is 4.13. The van der Waals surface area contributed by atoms with Crippen molar-refractivity contribution in [2.45, 2.75) is 51.4 Å². The summed E-state index contributed by atoms with van der Waals surface area (Å²) in [5.41, 5.74) is 8.49. The highest BCUT2D eigenvalue weighted by Crippen LogP contribution is 2.36. The van der Waals surface area contributed by atoms with Gasteiger partial charge >= 0.3 is 0 Å². The summed E-state index contributed by atoms with van der Waals surface area (Å²) in [6, 6.07) is 0.295. The maximum atomic E-state index is 5.84. The molecule has 2 bridgehead atoms. The van der Waals surface area contributed by atoms with Gasteiger partial charge in [-0.3, -0.25) is 0 Å². The Hall–Kier alpha value is -1.27. The number of hydrogen-bond acceptors (Lipinski definition) is 5. The third-order valence-corrected chi connectivity index (χ3v) is 4.33. The second kappa shape index (κ2) is 4.68. The molecule has 3 rings (SSSR count). The van der Waals surface area contributed by atoms with E-state index in [1.54, 1.807) is 0 Å². The Morgan fingerprint density at radius 1 is 1.37 bits per heavy atom. The molecule has 3 unspecified atom stereocenters. The molecular weight excluding hydrogens is 260 g/mol. The van der Waals surface area contributed by atoms with Gasteiger partial charge in [0.1, 0.15) is 4.99 Å². The van der Waals surface area contributed by atoms with E-state index in [9.17, 15) is 0 Å². The minimum atomic E-state index is 0.285. The second-order valence-electron chi connectivity index (χ2n) is 5.36. The maximum absolute atomic E-state index is 5.84. The molecule has 2 fully saturated rings. The van der Waals surface area contributed by atoms with Crippen LogP contribution in [-0.4, -0.2) is 33.4 Å². The lowest BCUT2D eigenvalue weighted by molar-refractivity contribution is 0.102. The first-order valence-electron chi connectivity index (χ1n) is 6.62. The number of anilines is 1. The number of nitrogens with zero attached hydrogens (tertiary/aromatic N) is 2. The van der Waals surface area contributed by atoms with Crippen molar-refractivity contribution in [3.63, 3.8) is 0 Å². The Bertz CT molecular complexity index is 534. The van der Waals surface area contributed by atoms with Gasteiger partial charge in [-0.15, -0.1) is 5.10 Å². The molecule has 0 radical (unpaired) electrons. The van der Waals surface area contributed by atoms with Gasteiger partial charge in [-0.05, 0) is 38.7 Å². The van der Waals surface area contributed by atoms with Gasteiger partial charge in [0.2, 0.25) is 0 Å². The Morgan fingerprint density at radius 2 is 2.16 bits per heavy atom. The van der Waals surface area contributed by atoms with E-state index in [4.69, 9.17) is 22.7 Å². The highest BCUT2D eigenvalue weighted by molar-refractivity contribution is 7.80. The zero-order valence-corrected chi connectivity index (χ0v) is 12.0. The van der Waals surface area contributed by atoms with Gasteiger partial charge in [0.25, 0.3) is 0 Å². The fourth-order valence-corrected chi connectivity index (χ4v) is 3.23. The van der Waals surface area contributed by atoms with Crippen molar-refractivity contribution in [2.24, 2.45) is 5.73 Å². The number of aromatic nitrogens is 2. The van der Waals surface area contributed by atoms with Crippen LogP contribution in [0.3, 0.4) is 0 Å². The van der Waals surface area contributed by atoms with Gasteiger partial charge in [0.05, 0.1) is 29.5 Å². The summed E-state index contributed by atoms with van der Waals surface area (Å²) in [6.07, 6.45) is 3.99. The maximum Gasteiger partial charge on any atom is 0.159 e. The summed E-state index contributed by atoms with van der Waals surface area (Å²) >= 11 is 5.14. The molecule has 1 aromatic rings. The quantitative estimate of drug-likeness (QED) is 0.816. The first-order chi connectivity index (χ1) is 9.06. The summed E-state index contributed by atoms with van der Waals surface area (Å²) in [4.78, 5) is 0.363. The van der Waals surface area contributed by atoms with E-state index >= 15 is 0 Å². The van der Waals surface area contributed by atoms with Gasteiger partial charge in [0.15, 0.2) is 5.82 Å². The lowest BCUT2D eigenvalue weighted by Gasteiger charge is -2.22. The molecule has 1 aromatic heterocycles. The van der Waals surface area contributed by atoms with Crippen molar-refractivity contribution < 1.29 is 4.74 Å². The van der Waals surface area contributed by atoms with E-state index in [1.165, 1.54) is 6.42 Å². The number of nitrogens with two attached hydrogens (primary N) is 1. The van der Waals surface area contributed by atoms with Crippen LogP contribution >= 0.6 is 12.2 Å². The lowest BCUT2D eigenvalue weighted by atomic mass is 9.95. The number of nitrogens with one attached hydrogen (secondary N) is 1. The number of thiocarbonyl (C=S) groups is 1. The van der Waals surface area contributed by atoms with Crippen LogP contribution in [0.5, 0.6) is 0 Å². The summed E-state index contributed by atoms with van der Waals surface area (Å²) < 4.78 is 5.84. The van der Waals surface area contributed by atoms with Crippen LogP contribution in [0.4, 0.5) is 5.82 Å². The zero-order chi connectivity index (χ0) is 13.6. The number of ether oxygens (including phenoxy) is 1. The molecule has 3 atom stereocenters. The van der Waals surface area contributed by atoms with Crippen molar-refractivity contribution in [3.8, 4) is 0 Å². The first kappa shape index (κ1) is 12.7. The SMILES string of the molecule is Cc1nnc(NC2CC3CCC2O3)c(C(N)=S)c1C. The van der Waals surface area contributed by atoms with Gasteiger partial charge in [-0.1, -0.05) is 12.2 Å². The van der Waals surface area contributed by atoms with Crippen LogP contribution in [0.25, 0.3) is 0 Å². The molecule has 2 saturated heterocycles. The van der Waals surface area contributed by atoms with Crippen molar-refractivity contribution in [1.29, 1.82) is 0 Å². The molecule has 5 nitrogen and oxygen atoms in total. The average Bonchev–Trinajstić information content (AvgIpc) is 2.95. The van der Waals surface area contributed by atoms with Crippen LogP contribution in [0, 0.1) is 13.8 Å². The van der Waals surface area contributed by atoms with Crippen molar-refractivity contribution >= 4 is 23.0 Å². The first-order valence-corrected chi connectivity index (χ1v) is 7.02. The van der Waals surface area contributed by atoms with E-state index in [0.717, 1.165) is 29.7 Å². The minimum absolute atomic E-state index is 0.285. The number of hydrogen-bond donors (Lipinski definition) is 2. The zero-order valence-electron chi connectivity index (χ0n) is 11.1. The van der Waals surface area contributed by atoms with Crippen molar-refractivity contribution in [2.75, 3.05) is 5.32 Å². The van der Waals surface area contributed by atoms with Gasteiger partial charge in [-0.25, -0.2) is 0 Å². The smallest absolute Gasteiger partial charge is 0.159 e. The van der Waals surface area contributed by atoms with E-state index in [2.05, 4.69) is 15.5 Å². The molecule has 0 saturated carbocycles. The molecule has 2 aliphatic heterocycles. The molecule has 102 valence electrons. The lowest BCUT2D eigenvalue weighted by Crippen LogP contribution is -2.32. The normalized spacial score (nSPS) is 28.6. The monoisotopic (exact) mass is 278 g/mol. The summed E-state index contributed by atoms with van der Waals surface area (Å²) in [7, 11) is 0. The Morgan fingerprint density at radius 3 is 2.74 bits per heavy atom. The topological polar surface area (TPSA) is 73.1 Å². The molecule has 0 aromatic carbocycles. The van der Waals surface area contributed by atoms with Crippen LogP contribution in [0.1, 0.15) is 36.1 Å². The molecule has 3 heterocycles. The number of fused-ring (bicyclic) bond motifs is 2. The predicted octanol–water partition coefficient (Wildman–Crippen LogP) is 1.46. The average molecular weight is 278 g/mol. The Kier molecular flexibility index (Phi) is 3.14. The minimum Gasteiger partial charge on any atom is -0.389 e. The van der Waals surface area contributed by atoms with Crippen molar-refractivity contribution in [1.82, 2.24) is 10.2 Å². The highest BCUT2D eigenvalue weighted by Gasteiger charge is 2.41. The standard InChI is InChI=1S/C13H18N4OS/c1-6-7(2)16-17-13(11(6)12(14)19)15-9-5-8-3-4-10(9)18-8/h8-10H,3-5H2,1-2H3,(H2,14,19)(H,15,17). The van der Waals surface area contributed by atoms with Gasteiger partial charge < -0.3 is 15.8 Å². The third kappa shape index (κ3) is 2.19. The predicted molar refractivity (Wildman–Crippen MR) is 77.3 cm³/mol. The molecule has 19 heavy (non-hydrogen) atoms. The summed E-state index contributed by atoms with van der Waals surface area (Å²) in [5, 5.41) is 11.8. The highest BCUT2D eigenvalue weighted by atomic mass is 32.1. The van der Waals surface area contributed by atoms with Crippen LogP contribution in [-0.2, 0) is 4.74 Å². The fraction of sp³-hybridized carbons (Fsp3) is 0.615. The Labute approximate surface area is 117 Å². The number of rotatable bonds is 3. The number of aryl methyl sites for hydroxylation is 1. The van der Waals surface area contributed by atoms with Crippen LogP contribution in [0.2, 0.25) is 0 Å². The van der Waals surface area contributed by atoms with Crippen molar-refractivity contribution in [3.05, 3.63) is 16.8 Å². The Balaban J connectivity index is 1.88.